The van der Waals surface area contributed by atoms with E-state index in [1.807, 2.05) is 0 Å². The Kier molecular flexibility index (Phi) is 4.82. The summed E-state index contributed by atoms with van der Waals surface area (Å²) in [6.07, 6.45) is 5.35. The van der Waals surface area contributed by atoms with Crippen molar-refractivity contribution >= 4 is 21.7 Å². The first-order chi connectivity index (χ1) is 6.74. The van der Waals surface area contributed by atoms with Crippen molar-refractivity contribution in [3.05, 3.63) is 17.0 Å². The maximum absolute atomic E-state index is 5.86. The molecule has 0 saturated carbocycles. The highest BCUT2D eigenvalue weighted by atomic mass is 79.9. The van der Waals surface area contributed by atoms with Gasteiger partial charge < -0.3 is 11.1 Å². The van der Waals surface area contributed by atoms with E-state index >= 15 is 0 Å². The molecular weight excluding hydrogens is 244 g/mol. The second kappa shape index (κ2) is 5.93. The predicted molar refractivity (Wildman–Crippen MR) is 61.1 cm³/mol. The quantitative estimate of drug-likeness (QED) is 0.846. The van der Waals surface area contributed by atoms with E-state index < -0.39 is 0 Å². The molecule has 78 valence electrons. The standard InChI is InChI=1S/C9H15BrN4/c1-2-3-7(11)4-13-9-8(10)5-12-6-14-9/h5-7H,2-4,11H2,1H3,(H,12,13,14). The minimum Gasteiger partial charge on any atom is -0.367 e. The van der Waals surface area contributed by atoms with Gasteiger partial charge in [0.25, 0.3) is 0 Å². The third kappa shape index (κ3) is 3.59. The predicted octanol–water partition coefficient (Wildman–Crippen LogP) is 1.78. The second-order valence-electron chi connectivity index (χ2n) is 3.15. The fourth-order valence-electron chi connectivity index (χ4n) is 1.14. The van der Waals surface area contributed by atoms with Crippen molar-refractivity contribution in [3.63, 3.8) is 0 Å². The van der Waals surface area contributed by atoms with Gasteiger partial charge in [-0.2, -0.15) is 0 Å². The summed E-state index contributed by atoms with van der Waals surface area (Å²) in [5, 5.41) is 3.17. The van der Waals surface area contributed by atoms with Gasteiger partial charge in [0.15, 0.2) is 0 Å². The number of halogens is 1. The van der Waals surface area contributed by atoms with Crippen molar-refractivity contribution in [1.29, 1.82) is 0 Å². The van der Waals surface area contributed by atoms with Crippen LogP contribution in [0.2, 0.25) is 0 Å². The van der Waals surface area contributed by atoms with Crippen LogP contribution in [0, 0.1) is 0 Å². The van der Waals surface area contributed by atoms with Gasteiger partial charge in [-0.15, -0.1) is 0 Å². The van der Waals surface area contributed by atoms with Gasteiger partial charge in [-0.05, 0) is 22.4 Å². The van der Waals surface area contributed by atoms with Gasteiger partial charge in [-0.3, -0.25) is 0 Å². The largest absolute Gasteiger partial charge is 0.367 e. The normalized spacial score (nSPS) is 12.5. The zero-order chi connectivity index (χ0) is 10.4. The summed E-state index contributed by atoms with van der Waals surface area (Å²) in [6, 6.07) is 0.182. The van der Waals surface area contributed by atoms with Crippen molar-refractivity contribution in [3.8, 4) is 0 Å². The molecule has 1 atom stereocenters. The van der Waals surface area contributed by atoms with Gasteiger partial charge in [0.2, 0.25) is 0 Å². The second-order valence-corrected chi connectivity index (χ2v) is 4.00. The zero-order valence-electron chi connectivity index (χ0n) is 8.20. The van der Waals surface area contributed by atoms with Crippen LogP contribution in [0.5, 0.6) is 0 Å². The number of hydrogen-bond donors (Lipinski definition) is 2. The molecule has 0 amide bonds. The molecule has 0 spiro atoms. The average Bonchev–Trinajstić information content (AvgIpc) is 2.17. The minimum absolute atomic E-state index is 0.182. The number of anilines is 1. The molecule has 0 aliphatic heterocycles. The molecule has 0 aliphatic rings. The van der Waals surface area contributed by atoms with Crippen molar-refractivity contribution in [2.24, 2.45) is 5.73 Å². The molecule has 1 unspecified atom stereocenters. The summed E-state index contributed by atoms with van der Waals surface area (Å²) in [6.45, 7) is 2.86. The summed E-state index contributed by atoms with van der Waals surface area (Å²) in [5.74, 6) is 0.798. The Morgan fingerprint density at radius 2 is 2.43 bits per heavy atom. The van der Waals surface area contributed by atoms with Gasteiger partial charge in [-0.1, -0.05) is 13.3 Å². The molecule has 1 rings (SSSR count). The van der Waals surface area contributed by atoms with Crippen LogP contribution in [0.1, 0.15) is 19.8 Å². The smallest absolute Gasteiger partial charge is 0.143 e. The molecular formula is C9H15BrN4. The molecule has 3 N–H and O–H groups in total. The molecule has 1 aromatic rings. The molecule has 5 heteroatoms. The van der Waals surface area contributed by atoms with Crippen LogP contribution >= 0.6 is 15.9 Å². The third-order valence-electron chi connectivity index (χ3n) is 1.86. The zero-order valence-corrected chi connectivity index (χ0v) is 9.79. The lowest BCUT2D eigenvalue weighted by Gasteiger charge is -2.12. The lowest BCUT2D eigenvalue weighted by Crippen LogP contribution is -2.29. The molecule has 1 aromatic heterocycles. The summed E-state index contributed by atoms with van der Waals surface area (Å²) >= 11 is 3.36. The fourth-order valence-corrected chi connectivity index (χ4v) is 1.50. The molecule has 0 bridgehead atoms. The first-order valence-corrected chi connectivity index (χ1v) is 5.48. The van der Waals surface area contributed by atoms with Crippen LogP contribution in [-0.2, 0) is 0 Å². The van der Waals surface area contributed by atoms with Crippen LogP contribution in [-0.4, -0.2) is 22.6 Å². The van der Waals surface area contributed by atoms with Crippen LogP contribution < -0.4 is 11.1 Å². The Bertz CT molecular complexity index is 279. The van der Waals surface area contributed by atoms with E-state index in [2.05, 4.69) is 38.1 Å². The van der Waals surface area contributed by atoms with E-state index in [-0.39, 0.29) is 6.04 Å². The number of aromatic nitrogens is 2. The van der Waals surface area contributed by atoms with Crippen molar-refractivity contribution < 1.29 is 0 Å². The van der Waals surface area contributed by atoms with E-state index in [0.717, 1.165) is 29.7 Å². The minimum atomic E-state index is 0.182. The van der Waals surface area contributed by atoms with Gasteiger partial charge >= 0.3 is 0 Å². The number of nitrogens with one attached hydrogen (secondary N) is 1. The maximum atomic E-state index is 5.86. The Hall–Kier alpha value is -0.680. The van der Waals surface area contributed by atoms with Gasteiger partial charge in [-0.25, -0.2) is 9.97 Å². The van der Waals surface area contributed by atoms with Gasteiger partial charge in [0, 0.05) is 18.8 Å². The summed E-state index contributed by atoms with van der Waals surface area (Å²) in [4.78, 5) is 7.96. The Balaban J connectivity index is 2.41. The number of rotatable bonds is 5. The lowest BCUT2D eigenvalue weighted by atomic mass is 10.2. The number of hydrogen-bond acceptors (Lipinski definition) is 4. The molecule has 0 radical (unpaired) electrons. The highest BCUT2D eigenvalue weighted by Gasteiger charge is 2.03. The molecule has 0 aromatic carbocycles. The topological polar surface area (TPSA) is 63.8 Å². The van der Waals surface area contributed by atoms with Crippen LogP contribution in [0.25, 0.3) is 0 Å². The molecule has 4 nitrogen and oxygen atoms in total. The van der Waals surface area contributed by atoms with Crippen molar-refractivity contribution in [2.45, 2.75) is 25.8 Å². The van der Waals surface area contributed by atoms with Crippen LogP contribution in [0.15, 0.2) is 17.0 Å². The first-order valence-electron chi connectivity index (χ1n) is 4.69. The number of nitrogens with zero attached hydrogens (tertiary/aromatic N) is 2. The first kappa shape index (κ1) is 11.4. The molecule has 0 saturated heterocycles. The van der Waals surface area contributed by atoms with Crippen molar-refractivity contribution in [2.75, 3.05) is 11.9 Å². The third-order valence-corrected chi connectivity index (χ3v) is 2.44. The average molecular weight is 259 g/mol. The highest BCUT2D eigenvalue weighted by Crippen LogP contribution is 2.16. The monoisotopic (exact) mass is 258 g/mol. The fraction of sp³-hybridized carbons (Fsp3) is 0.556. The Labute approximate surface area is 92.5 Å². The van der Waals surface area contributed by atoms with Crippen LogP contribution in [0.4, 0.5) is 5.82 Å². The van der Waals surface area contributed by atoms with Crippen molar-refractivity contribution in [1.82, 2.24) is 9.97 Å². The molecule has 1 heterocycles. The highest BCUT2D eigenvalue weighted by molar-refractivity contribution is 9.10. The number of nitrogens with two attached hydrogens (primary N) is 1. The van der Waals surface area contributed by atoms with E-state index in [9.17, 15) is 0 Å². The Morgan fingerprint density at radius 1 is 1.64 bits per heavy atom. The summed E-state index contributed by atoms with van der Waals surface area (Å²) < 4.78 is 0.865. The summed E-state index contributed by atoms with van der Waals surface area (Å²) in [5.41, 5.74) is 5.86. The van der Waals surface area contributed by atoms with E-state index in [0.29, 0.717) is 0 Å². The molecule has 14 heavy (non-hydrogen) atoms. The van der Waals surface area contributed by atoms with Gasteiger partial charge in [0.05, 0.1) is 4.47 Å². The van der Waals surface area contributed by atoms with E-state index in [4.69, 9.17) is 5.73 Å². The SMILES string of the molecule is CCCC(N)CNc1ncncc1Br. The van der Waals surface area contributed by atoms with E-state index in [1.165, 1.54) is 6.33 Å². The molecule has 0 aliphatic carbocycles. The maximum Gasteiger partial charge on any atom is 0.143 e. The lowest BCUT2D eigenvalue weighted by molar-refractivity contribution is 0.626. The summed E-state index contributed by atoms with van der Waals surface area (Å²) in [7, 11) is 0. The van der Waals surface area contributed by atoms with Gasteiger partial charge in [0.1, 0.15) is 12.1 Å². The molecule has 0 fully saturated rings. The Morgan fingerprint density at radius 3 is 3.07 bits per heavy atom. The van der Waals surface area contributed by atoms with Crippen LogP contribution in [0.3, 0.4) is 0 Å². The van der Waals surface area contributed by atoms with E-state index in [1.54, 1.807) is 6.20 Å².